The molecule has 0 saturated carbocycles. The molecule has 3 aromatic heterocycles. The summed E-state index contributed by atoms with van der Waals surface area (Å²) in [4.78, 5) is 26.8. The van der Waals surface area contributed by atoms with Crippen molar-refractivity contribution in [2.24, 2.45) is 7.05 Å². The number of nitrogens with zero attached hydrogens (tertiary/aromatic N) is 4. The lowest BCUT2D eigenvalue weighted by molar-refractivity contribution is -0.131. The maximum atomic E-state index is 12.7. The fraction of sp³-hybridized carbons (Fsp3) is 0.438. The predicted molar refractivity (Wildman–Crippen MR) is 85.3 cm³/mol. The van der Waals surface area contributed by atoms with Crippen molar-refractivity contribution in [2.45, 2.75) is 26.3 Å². The molecule has 0 N–H and O–H groups in total. The van der Waals surface area contributed by atoms with Crippen LogP contribution in [0.3, 0.4) is 0 Å². The van der Waals surface area contributed by atoms with Crippen LogP contribution in [0.4, 0.5) is 0 Å². The van der Waals surface area contributed by atoms with E-state index in [4.69, 9.17) is 4.42 Å². The number of amides is 1. The number of rotatable bonds is 2. The Kier molecular flexibility index (Phi) is 3.04. The average Bonchev–Trinajstić information content (AvgIpc) is 3.21. The molecule has 1 saturated heterocycles. The number of likely N-dealkylation sites (tertiary alicyclic amines) is 1. The van der Waals surface area contributed by atoms with E-state index in [1.807, 2.05) is 24.6 Å². The summed E-state index contributed by atoms with van der Waals surface area (Å²) in [5, 5.41) is 4.86. The van der Waals surface area contributed by atoms with Gasteiger partial charge in [0.25, 0.3) is 5.56 Å². The largest absolute Gasteiger partial charge is 0.459 e. The molecule has 4 heterocycles. The summed E-state index contributed by atoms with van der Waals surface area (Å²) in [5.74, 6) is 0.742. The number of carbonyl (C=O) groups is 1. The molecule has 1 aliphatic rings. The van der Waals surface area contributed by atoms with Crippen molar-refractivity contribution in [1.82, 2.24) is 19.2 Å². The number of furan rings is 1. The van der Waals surface area contributed by atoms with Crippen LogP contribution in [0.2, 0.25) is 0 Å². The van der Waals surface area contributed by atoms with Gasteiger partial charge in [0, 0.05) is 26.2 Å². The molecule has 7 nitrogen and oxygen atoms in total. The van der Waals surface area contributed by atoms with E-state index in [1.165, 1.54) is 4.68 Å². The highest BCUT2D eigenvalue weighted by Gasteiger charge is 2.21. The Morgan fingerprint density at radius 3 is 2.83 bits per heavy atom. The van der Waals surface area contributed by atoms with Gasteiger partial charge in [-0.2, -0.15) is 5.10 Å². The number of aromatic nitrogens is 3. The van der Waals surface area contributed by atoms with E-state index >= 15 is 0 Å². The van der Waals surface area contributed by atoms with Crippen LogP contribution >= 0.6 is 0 Å². The molecule has 0 unspecified atom stereocenters. The third kappa shape index (κ3) is 2.07. The molecule has 23 heavy (non-hydrogen) atoms. The van der Waals surface area contributed by atoms with Crippen LogP contribution in [0.25, 0.3) is 22.0 Å². The summed E-state index contributed by atoms with van der Waals surface area (Å²) in [5.41, 5.74) is 1.78. The van der Waals surface area contributed by atoms with Gasteiger partial charge in [-0.25, -0.2) is 4.68 Å². The van der Waals surface area contributed by atoms with Gasteiger partial charge in [-0.3, -0.25) is 9.59 Å². The minimum Gasteiger partial charge on any atom is -0.459 e. The van der Waals surface area contributed by atoms with Gasteiger partial charge >= 0.3 is 0 Å². The standard InChI is InChI=1S/C16H18N4O3/c1-10-7-12-15(23-10)11-8-17-20(16(22)14(11)18(12)2)9-13(21)19-5-3-4-6-19/h7-8H,3-6,9H2,1-2H3. The Morgan fingerprint density at radius 2 is 2.09 bits per heavy atom. The first-order valence-corrected chi connectivity index (χ1v) is 7.78. The van der Waals surface area contributed by atoms with Crippen LogP contribution in [-0.4, -0.2) is 38.2 Å². The monoisotopic (exact) mass is 314 g/mol. The van der Waals surface area contributed by atoms with Crippen molar-refractivity contribution < 1.29 is 9.21 Å². The zero-order valence-electron chi connectivity index (χ0n) is 13.2. The quantitative estimate of drug-likeness (QED) is 0.717. The van der Waals surface area contributed by atoms with E-state index in [1.54, 1.807) is 11.1 Å². The Bertz CT molecular complexity index is 973. The first-order chi connectivity index (χ1) is 11.1. The minimum absolute atomic E-state index is 0.0135. The molecule has 3 aromatic rings. The van der Waals surface area contributed by atoms with Crippen LogP contribution in [-0.2, 0) is 18.4 Å². The van der Waals surface area contributed by atoms with Crippen molar-refractivity contribution in [2.75, 3.05) is 13.1 Å². The number of carbonyl (C=O) groups excluding carboxylic acids is 1. The average molecular weight is 314 g/mol. The summed E-state index contributed by atoms with van der Waals surface area (Å²) in [6.07, 6.45) is 3.67. The highest BCUT2D eigenvalue weighted by molar-refractivity contribution is 6.04. The minimum atomic E-state index is -0.262. The Hall–Kier alpha value is -2.57. The molecule has 1 aliphatic heterocycles. The lowest BCUT2D eigenvalue weighted by Crippen LogP contribution is -2.35. The molecule has 0 spiro atoms. The normalized spacial score (nSPS) is 15.1. The summed E-state index contributed by atoms with van der Waals surface area (Å²) in [7, 11) is 1.83. The third-order valence-electron chi connectivity index (χ3n) is 4.54. The second kappa shape index (κ2) is 4.97. The molecule has 0 atom stereocenters. The van der Waals surface area contributed by atoms with E-state index in [0.29, 0.717) is 16.5 Å². The van der Waals surface area contributed by atoms with Crippen LogP contribution < -0.4 is 5.56 Å². The maximum absolute atomic E-state index is 12.7. The van der Waals surface area contributed by atoms with Gasteiger partial charge in [0.15, 0.2) is 5.58 Å². The van der Waals surface area contributed by atoms with Gasteiger partial charge in [-0.05, 0) is 19.8 Å². The van der Waals surface area contributed by atoms with Gasteiger partial charge in [-0.15, -0.1) is 0 Å². The lowest BCUT2D eigenvalue weighted by atomic mass is 10.3. The van der Waals surface area contributed by atoms with Crippen LogP contribution in [0.5, 0.6) is 0 Å². The molecular weight excluding hydrogens is 296 g/mol. The summed E-state index contributed by atoms with van der Waals surface area (Å²) in [6, 6.07) is 1.90. The number of hydrogen-bond donors (Lipinski definition) is 0. The predicted octanol–water partition coefficient (Wildman–Crippen LogP) is 1.41. The highest BCUT2D eigenvalue weighted by Crippen LogP contribution is 2.28. The van der Waals surface area contributed by atoms with Gasteiger partial charge in [0.05, 0.1) is 17.1 Å². The van der Waals surface area contributed by atoms with Gasteiger partial charge in [0.1, 0.15) is 17.8 Å². The SMILES string of the molecule is Cc1cc2c(o1)c1cnn(CC(=O)N3CCCC3)c(=O)c1n2C. The zero-order valence-corrected chi connectivity index (χ0v) is 13.2. The Balaban J connectivity index is 1.80. The smallest absolute Gasteiger partial charge is 0.291 e. The van der Waals surface area contributed by atoms with Crippen molar-refractivity contribution in [3.63, 3.8) is 0 Å². The fourth-order valence-corrected chi connectivity index (χ4v) is 3.34. The number of aryl methyl sites for hydroxylation is 2. The third-order valence-corrected chi connectivity index (χ3v) is 4.54. The fourth-order valence-electron chi connectivity index (χ4n) is 3.34. The second-order valence-corrected chi connectivity index (χ2v) is 6.09. The van der Waals surface area contributed by atoms with Crippen LogP contribution in [0, 0.1) is 6.92 Å². The molecule has 0 radical (unpaired) electrons. The van der Waals surface area contributed by atoms with E-state index in [9.17, 15) is 9.59 Å². The Morgan fingerprint density at radius 1 is 1.35 bits per heavy atom. The van der Waals surface area contributed by atoms with E-state index in [2.05, 4.69) is 5.10 Å². The molecular formula is C16H18N4O3. The zero-order chi connectivity index (χ0) is 16.1. The molecule has 0 aromatic carbocycles. The van der Waals surface area contributed by atoms with Crippen molar-refractivity contribution in [3.8, 4) is 0 Å². The van der Waals surface area contributed by atoms with Crippen LogP contribution in [0.15, 0.2) is 21.5 Å². The number of fused-ring (bicyclic) bond motifs is 3. The lowest BCUT2D eigenvalue weighted by Gasteiger charge is -2.15. The summed E-state index contributed by atoms with van der Waals surface area (Å²) in [6.45, 7) is 3.40. The van der Waals surface area contributed by atoms with Gasteiger partial charge in [-0.1, -0.05) is 0 Å². The van der Waals surface area contributed by atoms with Crippen molar-refractivity contribution in [3.05, 3.63) is 28.4 Å². The topological polar surface area (TPSA) is 73.3 Å². The number of hydrogen-bond acceptors (Lipinski definition) is 4. The second-order valence-electron chi connectivity index (χ2n) is 6.09. The van der Waals surface area contributed by atoms with Crippen molar-refractivity contribution in [1.29, 1.82) is 0 Å². The molecule has 7 heteroatoms. The van der Waals surface area contributed by atoms with Gasteiger partial charge in [0.2, 0.25) is 5.91 Å². The summed E-state index contributed by atoms with van der Waals surface area (Å²) < 4.78 is 8.73. The van der Waals surface area contributed by atoms with Gasteiger partial charge < -0.3 is 13.9 Å². The van der Waals surface area contributed by atoms with E-state index in [0.717, 1.165) is 37.2 Å². The molecule has 1 fully saturated rings. The molecule has 0 aliphatic carbocycles. The molecule has 1 amide bonds. The summed E-state index contributed by atoms with van der Waals surface area (Å²) >= 11 is 0. The first-order valence-electron chi connectivity index (χ1n) is 7.78. The highest BCUT2D eigenvalue weighted by atomic mass is 16.3. The maximum Gasteiger partial charge on any atom is 0.291 e. The van der Waals surface area contributed by atoms with Crippen molar-refractivity contribution >= 4 is 27.9 Å². The molecule has 4 rings (SSSR count). The Labute approximate surface area is 132 Å². The first kappa shape index (κ1) is 14.0. The molecule has 0 bridgehead atoms. The molecule has 120 valence electrons. The van der Waals surface area contributed by atoms with E-state index < -0.39 is 0 Å². The van der Waals surface area contributed by atoms with Crippen LogP contribution in [0.1, 0.15) is 18.6 Å². The van der Waals surface area contributed by atoms with E-state index in [-0.39, 0.29) is 18.0 Å².